The van der Waals surface area contributed by atoms with Crippen molar-refractivity contribution in [3.8, 4) is 0 Å². The first-order valence-corrected chi connectivity index (χ1v) is 7.93. The van der Waals surface area contributed by atoms with Gasteiger partial charge < -0.3 is 0 Å². The second-order valence-electron chi connectivity index (χ2n) is 4.32. The fourth-order valence-corrected chi connectivity index (χ4v) is 3.25. The lowest BCUT2D eigenvalue weighted by atomic mass is 9.85. The third-order valence-corrected chi connectivity index (χ3v) is 4.69. The monoisotopic (exact) mass is 346 g/mol. The van der Waals surface area contributed by atoms with E-state index in [1.165, 1.54) is 24.8 Å². The summed E-state index contributed by atoms with van der Waals surface area (Å²) in [6.07, 6.45) is 3.75. The molecule has 1 aromatic rings. The third kappa shape index (κ3) is 4.21. The predicted molar refractivity (Wildman–Crippen MR) is 79.2 cm³/mol. The highest BCUT2D eigenvalue weighted by Gasteiger charge is 2.17. The van der Waals surface area contributed by atoms with Crippen molar-refractivity contribution < 1.29 is 0 Å². The lowest BCUT2D eigenvalue weighted by Crippen LogP contribution is -2.17. The maximum atomic E-state index is 3.66. The van der Waals surface area contributed by atoms with Gasteiger partial charge in [-0.2, -0.15) is 0 Å². The van der Waals surface area contributed by atoms with E-state index < -0.39 is 0 Å². The summed E-state index contributed by atoms with van der Waals surface area (Å²) >= 11 is 7.14. The van der Waals surface area contributed by atoms with Crippen molar-refractivity contribution >= 4 is 31.9 Å². The molecule has 0 bridgehead atoms. The van der Waals surface area contributed by atoms with Gasteiger partial charge in [0.15, 0.2) is 0 Å². The van der Waals surface area contributed by atoms with Crippen LogP contribution in [0.2, 0.25) is 0 Å². The molecular weight excluding hydrogens is 328 g/mol. The minimum Gasteiger partial charge on any atom is -0.0925 e. The van der Waals surface area contributed by atoms with E-state index in [9.17, 15) is 0 Å². The van der Waals surface area contributed by atoms with Crippen LogP contribution in [0, 0.1) is 11.8 Å². The van der Waals surface area contributed by atoms with Crippen molar-refractivity contribution in [3.63, 3.8) is 0 Å². The summed E-state index contributed by atoms with van der Waals surface area (Å²) in [7, 11) is 0. The van der Waals surface area contributed by atoms with Crippen molar-refractivity contribution in [2.24, 2.45) is 11.8 Å². The van der Waals surface area contributed by atoms with Crippen LogP contribution in [0.3, 0.4) is 0 Å². The molecule has 0 aliphatic rings. The smallest absolute Gasteiger partial charge is 0.0175 e. The minimum atomic E-state index is 0.760. The van der Waals surface area contributed by atoms with Gasteiger partial charge in [-0.15, -0.1) is 0 Å². The highest BCUT2D eigenvalue weighted by molar-refractivity contribution is 9.10. The Bertz CT molecular complexity index is 288. The molecule has 0 aliphatic heterocycles. The maximum absolute atomic E-state index is 3.66. The first-order valence-electron chi connectivity index (χ1n) is 6.01. The normalized spacial score (nSPS) is 13.1. The quantitative estimate of drug-likeness (QED) is 0.601. The highest BCUT2D eigenvalue weighted by Crippen LogP contribution is 2.25. The molecule has 0 saturated carbocycles. The van der Waals surface area contributed by atoms with Gasteiger partial charge in [-0.25, -0.2) is 0 Å². The van der Waals surface area contributed by atoms with E-state index in [1.54, 1.807) is 0 Å². The lowest BCUT2D eigenvalue weighted by molar-refractivity contribution is 0.342. The summed E-state index contributed by atoms with van der Waals surface area (Å²) in [5.41, 5.74) is 1.44. The Hall–Kier alpha value is 0.180. The van der Waals surface area contributed by atoms with E-state index in [2.05, 4.69) is 70.0 Å². The first kappa shape index (κ1) is 14.2. The van der Waals surface area contributed by atoms with Crippen LogP contribution in [-0.4, -0.2) is 5.33 Å². The summed E-state index contributed by atoms with van der Waals surface area (Å²) in [4.78, 5) is 0. The number of rotatable bonds is 6. The van der Waals surface area contributed by atoms with Gasteiger partial charge in [0.1, 0.15) is 0 Å². The predicted octanol–water partition coefficient (Wildman–Crippen LogP) is 5.44. The minimum absolute atomic E-state index is 0.760. The molecule has 1 rings (SSSR count). The van der Waals surface area contributed by atoms with Gasteiger partial charge in [-0.3, -0.25) is 0 Å². The molecular formula is C14H20Br2. The van der Waals surface area contributed by atoms with Gasteiger partial charge in [0.25, 0.3) is 0 Å². The van der Waals surface area contributed by atoms with Crippen LogP contribution < -0.4 is 0 Å². The first-order chi connectivity index (χ1) is 7.71. The maximum Gasteiger partial charge on any atom is 0.0175 e. The topological polar surface area (TPSA) is 0 Å². The van der Waals surface area contributed by atoms with Gasteiger partial charge in [0.2, 0.25) is 0 Å². The van der Waals surface area contributed by atoms with E-state index in [0.29, 0.717) is 0 Å². The Morgan fingerprint density at radius 1 is 1.00 bits per heavy atom. The van der Waals surface area contributed by atoms with E-state index in [1.807, 2.05) is 0 Å². The average molecular weight is 348 g/mol. The standard InChI is InChI=1S/C14H20Br2/c1-3-12(4-2)13(10-15)9-11-5-7-14(16)8-6-11/h5-8,12-13H,3-4,9-10H2,1-2H3. The molecule has 0 amide bonds. The van der Waals surface area contributed by atoms with Crippen LogP contribution in [0.15, 0.2) is 28.7 Å². The zero-order valence-corrected chi connectivity index (χ0v) is 13.2. The van der Waals surface area contributed by atoms with Crippen LogP contribution in [0.4, 0.5) is 0 Å². The molecule has 0 aliphatic carbocycles. The van der Waals surface area contributed by atoms with Gasteiger partial charge in [0.05, 0.1) is 0 Å². The summed E-state index contributed by atoms with van der Waals surface area (Å²) < 4.78 is 1.16. The molecule has 0 aromatic heterocycles. The van der Waals surface area contributed by atoms with Crippen LogP contribution in [-0.2, 0) is 6.42 Å². The van der Waals surface area contributed by atoms with E-state index in [4.69, 9.17) is 0 Å². The molecule has 0 radical (unpaired) electrons. The van der Waals surface area contributed by atoms with Crippen molar-refractivity contribution in [1.82, 2.24) is 0 Å². The highest BCUT2D eigenvalue weighted by atomic mass is 79.9. The molecule has 2 heteroatoms. The van der Waals surface area contributed by atoms with Crippen molar-refractivity contribution in [3.05, 3.63) is 34.3 Å². The molecule has 0 N–H and O–H groups in total. The molecule has 0 saturated heterocycles. The molecule has 1 aromatic carbocycles. The van der Waals surface area contributed by atoms with Crippen molar-refractivity contribution in [2.45, 2.75) is 33.1 Å². The van der Waals surface area contributed by atoms with E-state index in [-0.39, 0.29) is 0 Å². The van der Waals surface area contributed by atoms with Crippen LogP contribution in [0.1, 0.15) is 32.3 Å². The van der Waals surface area contributed by atoms with Gasteiger partial charge >= 0.3 is 0 Å². The lowest BCUT2D eigenvalue weighted by Gasteiger charge is -2.23. The zero-order chi connectivity index (χ0) is 12.0. The Morgan fingerprint density at radius 2 is 1.56 bits per heavy atom. The average Bonchev–Trinajstić information content (AvgIpc) is 2.32. The number of benzene rings is 1. The second-order valence-corrected chi connectivity index (χ2v) is 5.88. The summed E-state index contributed by atoms with van der Waals surface area (Å²) in [6, 6.07) is 8.71. The Kier molecular flexibility index (Phi) is 6.67. The molecule has 0 spiro atoms. The Labute approximate surface area is 116 Å². The molecule has 16 heavy (non-hydrogen) atoms. The van der Waals surface area contributed by atoms with E-state index >= 15 is 0 Å². The summed E-state index contributed by atoms with van der Waals surface area (Å²) in [5, 5.41) is 1.11. The largest absolute Gasteiger partial charge is 0.0925 e. The number of hydrogen-bond acceptors (Lipinski definition) is 0. The number of hydrogen-bond donors (Lipinski definition) is 0. The third-order valence-electron chi connectivity index (χ3n) is 3.32. The SMILES string of the molecule is CCC(CC)C(CBr)Cc1ccc(Br)cc1. The summed E-state index contributed by atoms with van der Waals surface area (Å²) in [5.74, 6) is 1.60. The zero-order valence-electron chi connectivity index (χ0n) is 10.0. The molecule has 1 atom stereocenters. The fourth-order valence-electron chi connectivity index (χ4n) is 2.23. The molecule has 0 nitrogen and oxygen atoms in total. The van der Waals surface area contributed by atoms with Crippen LogP contribution in [0.25, 0.3) is 0 Å². The second kappa shape index (κ2) is 7.50. The summed E-state index contributed by atoms with van der Waals surface area (Å²) in [6.45, 7) is 4.59. The van der Waals surface area contributed by atoms with Crippen LogP contribution in [0.5, 0.6) is 0 Å². The Balaban J connectivity index is 2.65. The van der Waals surface area contributed by atoms with Crippen molar-refractivity contribution in [1.29, 1.82) is 0 Å². The number of halogens is 2. The molecule has 1 unspecified atom stereocenters. The van der Waals surface area contributed by atoms with Gasteiger partial charge in [0, 0.05) is 9.80 Å². The van der Waals surface area contributed by atoms with E-state index in [0.717, 1.165) is 21.6 Å². The van der Waals surface area contributed by atoms with Gasteiger partial charge in [-0.1, -0.05) is 70.7 Å². The molecule has 0 fully saturated rings. The molecule has 0 heterocycles. The molecule has 90 valence electrons. The Morgan fingerprint density at radius 3 is 2.00 bits per heavy atom. The van der Waals surface area contributed by atoms with Gasteiger partial charge in [-0.05, 0) is 36.0 Å². The van der Waals surface area contributed by atoms with Crippen LogP contribution >= 0.6 is 31.9 Å². The fraction of sp³-hybridized carbons (Fsp3) is 0.571. The number of alkyl halides is 1. The van der Waals surface area contributed by atoms with Crippen molar-refractivity contribution in [2.75, 3.05) is 5.33 Å².